The first-order valence-corrected chi connectivity index (χ1v) is 4.38. The molecule has 1 heterocycles. The van der Waals surface area contributed by atoms with Gasteiger partial charge in [0, 0.05) is 6.20 Å². The molecule has 1 aliphatic carbocycles. The van der Waals surface area contributed by atoms with Crippen molar-refractivity contribution in [3.05, 3.63) is 23.8 Å². The highest BCUT2D eigenvalue weighted by molar-refractivity contribution is 5.95. The van der Waals surface area contributed by atoms with Gasteiger partial charge in [-0.3, -0.25) is 9.98 Å². The summed E-state index contributed by atoms with van der Waals surface area (Å²) >= 11 is 0. The molecule has 0 saturated heterocycles. The van der Waals surface area contributed by atoms with Crippen molar-refractivity contribution >= 4 is 5.84 Å². The van der Waals surface area contributed by atoms with Crippen molar-refractivity contribution < 1.29 is 0 Å². The number of hydrogen-bond donors (Lipinski definition) is 1. The van der Waals surface area contributed by atoms with Crippen LogP contribution in [0.2, 0.25) is 0 Å². The predicted octanol–water partition coefficient (Wildman–Crippen LogP) is 0.653. The summed E-state index contributed by atoms with van der Waals surface area (Å²) in [6.45, 7) is 1.89. The number of nitrogens with two attached hydrogens (primary N) is 1. The van der Waals surface area contributed by atoms with E-state index in [1.54, 1.807) is 12.4 Å². The van der Waals surface area contributed by atoms with E-state index >= 15 is 0 Å². The molecule has 0 radical (unpaired) electrons. The summed E-state index contributed by atoms with van der Waals surface area (Å²) in [4.78, 5) is 12.5. The van der Waals surface area contributed by atoms with E-state index in [-0.39, 0.29) is 0 Å². The Labute approximate surface area is 76.9 Å². The standard InChI is InChI=1S/C9H12N4/c1-6-4-12-8(5-11-6)9(10)13-7-2-3-7/h4-5,7H,2-3H2,1H3,(H2,10,13). The lowest BCUT2D eigenvalue weighted by molar-refractivity contribution is 1.04. The number of hydrogen-bond acceptors (Lipinski definition) is 3. The summed E-state index contributed by atoms with van der Waals surface area (Å²) in [5.74, 6) is 0.509. The molecular formula is C9H12N4. The van der Waals surface area contributed by atoms with Crippen LogP contribution in [0.4, 0.5) is 0 Å². The molecule has 0 aliphatic heterocycles. The molecule has 1 aromatic rings. The zero-order valence-corrected chi connectivity index (χ0v) is 7.57. The Morgan fingerprint density at radius 2 is 2.23 bits per heavy atom. The zero-order chi connectivity index (χ0) is 9.26. The normalized spacial score (nSPS) is 17.5. The second-order valence-corrected chi connectivity index (χ2v) is 3.29. The van der Waals surface area contributed by atoms with Gasteiger partial charge in [0.15, 0.2) is 0 Å². The van der Waals surface area contributed by atoms with E-state index in [0.717, 1.165) is 18.5 Å². The summed E-state index contributed by atoms with van der Waals surface area (Å²) in [6, 6.07) is 0.433. The van der Waals surface area contributed by atoms with Crippen molar-refractivity contribution in [2.75, 3.05) is 0 Å². The van der Waals surface area contributed by atoms with Gasteiger partial charge in [-0.1, -0.05) is 0 Å². The van der Waals surface area contributed by atoms with Gasteiger partial charge in [0.25, 0.3) is 0 Å². The fourth-order valence-electron chi connectivity index (χ4n) is 0.991. The SMILES string of the molecule is Cc1cnc(C(N)=NC2CC2)cn1. The van der Waals surface area contributed by atoms with Gasteiger partial charge in [0.2, 0.25) is 0 Å². The first-order chi connectivity index (χ1) is 6.25. The van der Waals surface area contributed by atoms with E-state index in [0.29, 0.717) is 17.6 Å². The Balaban J connectivity index is 2.19. The third-order valence-electron chi connectivity index (χ3n) is 1.91. The van der Waals surface area contributed by atoms with Crippen molar-refractivity contribution in [2.24, 2.45) is 10.7 Å². The van der Waals surface area contributed by atoms with Crippen molar-refractivity contribution in [2.45, 2.75) is 25.8 Å². The van der Waals surface area contributed by atoms with E-state index in [9.17, 15) is 0 Å². The molecule has 4 heteroatoms. The van der Waals surface area contributed by atoms with Gasteiger partial charge >= 0.3 is 0 Å². The molecule has 1 aromatic heterocycles. The summed E-state index contributed by atoms with van der Waals surface area (Å²) in [5, 5.41) is 0. The largest absolute Gasteiger partial charge is 0.382 e. The maximum absolute atomic E-state index is 5.73. The molecule has 68 valence electrons. The zero-order valence-electron chi connectivity index (χ0n) is 7.57. The molecule has 1 aliphatic rings. The lowest BCUT2D eigenvalue weighted by atomic mass is 10.4. The minimum absolute atomic E-state index is 0.433. The van der Waals surface area contributed by atoms with Crippen LogP contribution < -0.4 is 5.73 Å². The first kappa shape index (κ1) is 8.16. The highest BCUT2D eigenvalue weighted by atomic mass is 15.0. The molecule has 2 N–H and O–H groups in total. The predicted molar refractivity (Wildman–Crippen MR) is 50.5 cm³/mol. The van der Waals surface area contributed by atoms with Crippen molar-refractivity contribution in [3.63, 3.8) is 0 Å². The van der Waals surface area contributed by atoms with Crippen LogP contribution in [0.5, 0.6) is 0 Å². The summed E-state index contributed by atoms with van der Waals surface area (Å²) in [6.07, 6.45) is 5.67. The van der Waals surface area contributed by atoms with Crippen LogP contribution in [0.15, 0.2) is 17.4 Å². The van der Waals surface area contributed by atoms with Crippen LogP contribution in [0.1, 0.15) is 24.2 Å². The maximum atomic E-state index is 5.73. The average molecular weight is 176 g/mol. The maximum Gasteiger partial charge on any atom is 0.146 e. The number of amidine groups is 1. The van der Waals surface area contributed by atoms with Crippen LogP contribution in [0.3, 0.4) is 0 Å². The Bertz CT molecular complexity index is 324. The molecule has 2 rings (SSSR count). The van der Waals surface area contributed by atoms with Gasteiger partial charge in [-0.05, 0) is 19.8 Å². The molecule has 0 atom stereocenters. The highest BCUT2D eigenvalue weighted by Gasteiger charge is 2.20. The molecule has 1 fully saturated rings. The smallest absolute Gasteiger partial charge is 0.146 e. The van der Waals surface area contributed by atoms with Crippen LogP contribution >= 0.6 is 0 Å². The molecule has 4 nitrogen and oxygen atoms in total. The monoisotopic (exact) mass is 176 g/mol. The molecule has 0 amide bonds. The number of aryl methyl sites for hydroxylation is 1. The lowest BCUT2D eigenvalue weighted by Crippen LogP contribution is -2.16. The third-order valence-corrected chi connectivity index (χ3v) is 1.91. The topological polar surface area (TPSA) is 64.2 Å². The minimum atomic E-state index is 0.433. The number of aliphatic imine (C=N–C) groups is 1. The molecule has 0 bridgehead atoms. The Morgan fingerprint density at radius 3 is 2.77 bits per heavy atom. The Hall–Kier alpha value is -1.45. The molecular weight excluding hydrogens is 164 g/mol. The van der Waals surface area contributed by atoms with Crippen LogP contribution in [0.25, 0.3) is 0 Å². The van der Waals surface area contributed by atoms with E-state index in [2.05, 4.69) is 15.0 Å². The average Bonchev–Trinajstić information content (AvgIpc) is 2.89. The Kier molecular flexibility index (Phi) is 1.96. The van der Waals surface area contributed by atoms with Crippen molar-refractivity contribution in [1.82, 2.24) is 9.97 Å². The highest BCUT2D eigenvalue weighted by Crippen LogP contribution is 2.23. The van der Waals surface area contributed by atoms with Gasteiger partial charge in [-0.15, -0.1) is 0 Å². The second kappa shape index (κ2) is 3.12. The van der Waals surface area contributed by atoms with Crippen molar-refractivity contribution in [3.8, 4) is 0 Å². The fraction of sp³-hybridized carbons (Fsp3) is 0.444. The molecule has 13 heavy (non-hydrogen) atoms. The van der Waals surface area contributed by atoms with Gasteiger partial charge in [-0.25, -0.2) is 4.98 Å². The first-order valence-electron chi connectivity index (χ1n) is 4.38. The van der Waals surface area contributed by atoms with Gasteiger partial charge in [0.05, 0.1) is 17.9 Å². The third kappa shape index (κ3) is 2.02. The van der Waals surface area contributed by atoms with E-state index in [1.807, 2.05) is 6.92 Å². The second-order valence-electron chi connectivity index (χ2n) is 3.29. The summed E-state index contributed by atoms with van der Waals surface area (Å²) < 4.78 is 0. The van der Waals surface area contributed by atoms with Gasteiger partial charge < -0.3 is 5.73 Å². The summed E-state index contributed by atoms with van der Waals surface area (Å²) in [7, 11) is 0. The Morgan fingerprint density at radius 1 is 1.46 bits per heavy atom. The fourth-order valence-corrected chi connectivity index (χ4v) is 0.991. The number of rotatable bonds is 2. The van der Waals surface area contributed by atoms with Crippen molar-refractivity contribution in [1.29, 1.82) is 0 Å². The molecule has 0 unspecified atom stereocenters. The molecule has 0 aromatic carbocycles. The number of aromatic nitrogens is 2. The van der Waals surface area contributed by atoms with E-state index in [4.69, 9.17) is 5.73 Å². The minimum Gasteiger partial charge on any atom is -0.382 e. The molecule has 1 saturated carbocycles. The van der Waals surface area contributed by atoms with E-state index in [1.165, 1.54) is 0 Å². The van der Waals surface area contributed by atoms with Crippen LogP contribution in [-0.4, -0.2) is 21.8 Å². The van der Waals surface area contributed by atoms with Gasteiger partial charge in [0.1, 0.15) is 11.5 Å². The summed E-state index contributed by atoms with van der Waals surface area (Å²) in [5.41, 5.74) is 7.30. The quantitative estimate of drug-likeness (QED) is 0.531. The lowest BCUT2D eigenvalue weighted by Gasteiger charge is -1.98. The number of nitrogens with zero attached hydrogens (tertiary/aromatic N) is 3. The molecule has 0 spiro atoms. The van der Waals surface area contributed by atoms with Gasteiger partial charge in [-0.2, -0.15) is 0 Å². The van der Waals surface area contributed by atoms with Crippen LogP contribution in [0, 0.1) is 6.92 Å². The van der Waals surface area contributed by atoms with Crippen LogP contribution in [-0.2, 0) is 0 Å². The van der Waals surface area contributed by atoms with E-state index < -0.39 is 0 Å².